The van der Waals surface area contributed by atoms with Crippen molar-refractivity contribution in [1.29, 1.82) is 0 Å². The van der Waals surface area contributed by atoms with Crippen LogP contribution in [0.1, 0.15) is 41.9 Å². The van der Waals surface area contributed by atoms with Crippen LogP contribution in [0, 0.1) is 5.41 Å². The zero-order chi connectivity index (χ0) is 24.1. The van der Waals surface area contributed by atoms with Crippen LogP contribution < -0.4 is 0 Å². The Hall–Kier alpha value is -2.95. The molecule has 11 heteroatoms. The molecule has 0 aromatic carbocycles. The minimum atomic E-state index is -5.08. The standard InChI is InChI=1S/C20H27N5O.C2HF3O2/c1-23-10-2-3-17(23)16-24-11-4-20(5-12-24)6-13-25(14-7-20)19(26)18-15-21-8-9-22-18;3-2(4,5)1(6)7/h2-3,8-10,15H,4-7,11-14,16H2,1H3;(H,6,7). The molecule has 1 N–H and O–H groups in total. The minimum absolute atomic E-state index is 0.0223. The van der Waals surface area contributed by atoms with E-state index in [9.17, 15) is 18.0 Å². The maximum Gasteiger partial charge on any atom is 0.490 e. The average Bonchev–Trinajstić information content (AvgIpc) is 3.20. The number of aliphatic carboxylic acids is 1. The lowest BCUT2D eigenvalue weighted by Crippen LogP contribution is -2.48. The molecule has 180 valence electrons. The molecule has 2 saturated heterocycles. The number of carboxylic acids is 1. The van der Waals surface area contributed by atoms with Crippen LogP contribution in [0.15, 0.2) is 36.9 Å². The van der Waals surface area contributed by atoms with E-state index in [2.05, 4.69) is 44.8 Å². The Morgan fingerprint density at radius 1 is 1.09 bits per heavy atom. The number of aryl methyl sites for hydroxylation is 1. The second-order valence-corrected chi connectivity index (χ2v) is 8.57. The van der Waals surface area contributed by atoms with Gasteiger partial charge in [-0.15, -0.1) is 0 Å². The lowest BCUT2D eigenvalue weighted by molar-refractivity contribution is -0.192. The van der Waals surface area contributed by atoms with Gasteiger partial charge in [-0.1, -0.05) is 0 Å². The number of likely N-dealkylation sites (tertiary alicyclic amines) is 2. The molecule has 4 heterocycles. The molecule has 0 unspecified atom stereocenters. The molecule has 2 aliphatic rings. The Kier molecular flexibility index (Phi) is 7.72. The third-order valence-electron chi connectivity index (χ3n) is 6.49. The van der Waals surface area contributed by atoms with E-state index >= 15 is 0 Å². The quantitative estimate of drug-likeness (QED) is 0.747. The SMILES string of the molecule is Cn1cccc1CN1CCC2(CC1)CCN(C(=O)c1cnccn1)CC2.O=C(O)C(F)(F)F. The molecule has 2 aliphatic heterocycles. The number of carbonyl (C=O) groups excluding carboxylic acids is 1. The molecule has 0 bridgehead atoms. The number of carboxylic acid groups (broad SMARTS) is 1. The fraction of sp³-hybridized carbons (Fsp3) is 0.545. The first-order chi connectivity index (χ1) is 15.6. The highest BCUT2D eigenvalue weighted by atomic mass is 19.4. The number of piperidine rings is 2. The summed E-state index contributed by atoms with van der Waals surface area (Å²) in [4.78, 5) is 34.1. The topological polar surface area (TPSA) is 91.6 Å². The van der Waals surface area contributed by atoms with Gasteiger partial charge in [-0.25, -0.2) is 9.78 Å². The Morgan fingerprint density at radius 3 is 2.18 bits per heavy atom. The summed E-state index contributed by atoms with van der Waals surface area (Å²) in [5, 5.41) is 7.12. The van der Waals surface area contributed by atoms with Crippen LogP contribution in [0.25, 0.3) is 0 Å². The predicted octanol–water partition coefficient (Wildman–Crippen LogP) is 2.97. The molecule has 0 radical (unpaired) electrons. The number of carbonyl (C=O) groups is 2. The van der Waals surface area contributed by atoms with Crippen LogP contribution in [0.4, 0.5) is 13.2 Å². The first-order valence-corrected chi connectivity index (χ1v) is 10.8. The van der Waals surface area contributed by atoms with Crippen molar-refractivity contribution in [3.05, 3.63) is 48.3 Å². The Morgan fingerprint density at radius 2 is 1.70 bits per heavy atom. The van der Waals surface area contributed by atoms with E-state index in [1.54, 1.807) is 18.6 Å². The Labute approximate surface area is 190 Å². The van der Waals surface area contributed by atoms with Crippen molar-refractivity contribution >= 4 is 11.9 Å². The van der Waals surface area contributed by atoms with E-state index in [4.69, 9.17) is 9.90 Å². The summed E-state index contributed by atoms with van der Waals surface area (Å²) >= 11 is 0. The zero-order valence-electron chi connectivity index (χ0n) is 18.5. The van der Waals surface area contributed by atoms with Crippen molar-refractivity contribution in [3.8, 4) is 0 Å². The van der Waals surface area contributed by atoms with Crippen molar-refractivity contribution in [3.63, 3.8) is 0 Å². The van der Waals surface area contributed by atoms with Crippen molar-refractivity contribution in [2.75, 3.05) is 26.2 Å². The van der Waals surface area contributed by atoms with Gasteiger partial charge >= 0.3 is 12.1 Å². The van der Waals surface area contributed by atoms with Crippen LogP contribution in [0.5, 0.6) is 0 Å². The van der Waals surface area contributed by atoms with Crippen molar-refractivity contribution in [2.24, 2.45) is 12.5 Å². The van der Waals surface area contributed by atoms with Gasteiger partial charge < -0.3 is 14.6 Å². The van der Waals surface area contributed by atoms with Gasteiger partial charge in [0.2, 0.25) is 0 Å². The van der Waals surface area contributed by atoms with Crippen molar-refractivity contribution in [2.45, 2.75) is 38.4 Å². The molecular formula is C22H28F3N5O3. The largest absolute Gasteiger partial charge is 0.490 e. The second kappa shape index (κ2) is 10.3. The van der Waals surface area contributed by atoms with E-state index in [0.29, 0.717) is 11.1 Å². The molecule has 1 spiro atoms. The van der Waals surface area contributed by atoms with Crippen molar-refractivity contribution in [1.82, 2.24) is 24.3 Å². The van der Waals surface area contributed by atoms with E-state index in [1.165, 1.54) is 18.5 Å². The number of alkyl halides is 3. The smallest absolute Gasteiger partial charge is 0.475 e. The number of nitrogens with zero attached hydrogens (tertiary/aromatic N) is 5. The number of halogens is 3. The maximum atomic E-state index is 12.5. The maximum absolute atomic E-state index is 12.5. The number of rotatable bonds is 3. The monoisotopic (exact) mass is 467 g/mol. The highest BCUT2D eigenvalue weighted by Crippen LogP contribution is 2.41. The van der Waals surface area contributed by atoms with Gasteiger partial charge in [0.1, 0.15) is 5.69 Å². The van der Waals surface area contributed by atoms with E-state index in [1.807, 2.05) is 4.90 Å². The molecule has 4 rings (SSSR count). The number of aromatic nitrogens is 3. The van der Waals surface area contributed by atoms with Gasteiger partial charge in [-0.3, -0.25) is 14.7 Å². The molecule has 0 aliphatic carbocycles. The normalized spacial score (nSPS) is 18.5. The first-order valence-electron chi connectivity index (χ1n) is 10.8. The predicted molar refractivity (Wildman–Crippen MR) is 113 cm³/mol. The van der Waals surface area contributed by atoms with Gasteiger partial charge in [0.25, 0.3) is 5.91 Å². The fourth-order valence-corrected chi connectivity index (χ4v) is 4.33. The van der Waals surface area contributed by atoms with Gasteiger partial charge in [0.15, 0.2) is 0 Å². The lowest BCUT2D eigenvalue weighted by atomic mass is 9.71. The molecule has 2 aromatic heterocycles. The van der Waals surface area contributed by atoms with Crippen LogP contribution in [-0.2, 0) is 18.4 Å². The summed E-state index contributed by atoms with van der Waals surface area (Å²) in [5.41, 5.74) is 2.26. The van der Waals surface area contributed by atoms with Crippen LogP contribution >= 0.6 is 0 Å². The van der Waals surface area contributed by atoms with Gasteiger partial charge in [-0.2, -0.15) is 13.2 Å². The second-order valence-electron chi connectivity index (χ2n) is 8.57. The van der Waals surface area contributed by atoms with Crippen LogP contribution in [-0.4, -0.2) is 73.7 Å². The summed E-state index contributed by atoms with van der Waals surface area (Å²) in [6.07, 6.45) is 6.48. The Balaban J connectivity index is 0.000000383. The van der Waals surface area contributed by atoms with Crippen LogP contribution in [0.3, 0.4) is 0 Å². The van der Waals surface area contributed by atoms with Gasteiger partial charge in [0.05, 0.1) is 6.20 Å². The molecule has 33 heavy (non-hydrogen) atoms. The molecule has 0 atom stereocenters. The highest BCUT2D eigenvalue weighted by Gasteiger charge is 2.39. The third kappa shape index (κ3) is 6.53. The molecule has 1 amide bonds. The number of hydrogen-bond donors (Lipinski definition) is 1. The van der Waals surface area contributed by atoms with Gasteiger partial charge in [0, 0.05) is 51.0 Å². The van der Waals surface area contributed by atoms with E-state index < -0.39 is 12.1 Å². The molecule has 2 fully saturated rings. The highest BCUT2D eigenvalue weighted by molar-refractivity contribution is 5.92. The molecule has 2 aromatic rings. The lowest BCUT2D eigenvalue weighted by Gasteiger charge is -2.46. The molecule has 0 saturated carbocycles. The average molecular weight is 467 g/mol. The summed E-state index contributed by atoms with van der Waals surface area (Å²) < 4.78 is 33.9. The first kappa shape index (κ1) is 24.7. The van der Waals surface area contributed by atoms with E-state index in [0.717, 1.165) is 45.6 Å². The number of amides is 1. The summed E-state index contributed by atoms with van der Waals surface area (Å²) in [6, 6.07) is 4.32. The fourth-order valence-electron chi connectivity index (χ4n) is 4.33. The molecule has 8 nitrogen and oxygen atoms in total. The van der Waals surface area contributed by atoms with Crippen molar-refractivity contribution < 1.29 is 27.9 Å². The van der Waals surface area contributed by atoms with E-state index in [-0.39, 0.29) is 5.91 Å². The van der Waals surface area contributed by atoms with Gasteiger partial charge in [-0.05, 0) is 56.3 Å². The Bertz CT molecular complexity index is 930. The number of hydrogen-bond acceptors (Lipinski definition) is 5. The summed E-state index contributed by atoms with van der Waals surface area (Å²) in [7, 11) is 2.12. The van der Waals surface area contributed by atoms with Crippen LogP contribution in [0.2, 0.25) is 0 Å². The minimum Gasteiger partial charge on any atom is -0.475 e. The molecular weight excluding hydrogens is 439 g/mol. The summed E-state index contributed by atoms with van der Waals surface area (Å²) in [5.74, 6) is -2.73. The third-order valence-corrected chi connectivity index (χ3v) is 6.49. The summed E-state index contributed by atoms with van der Waals surface area (Å²) in [6.45, 7) is 5.03. The zero-order valence-corrected chi connectivity index (χ0v) is 18.5.